The highest BCUT2D eigenvalue weighted by Gasteiger charge is 2.11. The van der Waals surface area contributed by atoms with Crippen molar-refractivity contribution >= 4 is 29.4 Å². The average molecular weight is 366 g/mol. The van der Waals surface area contributed by atoms with E-state index in [1.165, 1.54) is 30.3 Å². The maximum atomic E-state index is 13.2. The van der Waals surface area contributed by atoms with Gasteiger partial charge in [0.05, 0.1) is 0 Å². The lowest BCUT2D eigenvalue weighted by atomic mass is 10.1. The third-order valence-corrected chi connectivity index (χ3v) is 3.68. The molecule has 0 aliphatic carbocycles. The highest BCUT2D eigenvalue weighted by atomic mass is 32.2. The molecule has 25 heavy (non-hydrogen) atoms. The fraction of sp³-hybridized carbons (Fsp3) is 0.0588. The van der Waals surface area contributed by atoms with Crippen LogP contribution in [0.1, 0.15) is 5.56 Å². The third kappa shape index (κ3) is 5.36. The van der Waals surface area contributed by atoms with E-state index in [2.05, 4.69) is 5.32 Å². The first kappa shape index (κ1) is 18.5. The number of hydrogen-bond donors (Lipinski definition) is 1. The van der Waals surface area contributed by atoms with Crippen LogP contribution < -0.4 is 5.32 Å². The van der Waals surface area contributed by atoms with E-state index in [1.807, 2.05) is 0 Å². The standard InChI is InChI=1S/C17H10F4N2OS/c18-14-6-1-10(8-15(14)19)7-11(9-22)16(24)23-12-2-4-13(5-3-12)25-17(20)21/h1-8,17H,(H,23,24)/b11-7+. The second-order valence-electron chi connectivity index (χ2n) is 4.70. The minimum absolute atomic E-state index is 0.147. The second-order valence-corrected chi connectivity index (χ2v) is 5.76. The Bertz CT molecular complexity index is 845. The predicted octanol–water partition coefficient (Wildman–Crippen LogP) is 4.83. The van der Waals surface area contributed by atoms with Gasteiger partial charge in [0.1, 0.15) is 11.6 Å². The Hall–Kier alpha value is -2.79. The minimum Gasteiger partial charge on any atom is -0.321 e. The van der Waals surface area contributed by atoms with Gasteiger partial charge in [-0.25, -0.2) is 8.78 Å². The summed E-state index contributed by atoms with van der Waals surface area (Å²) in [5.74, 6) is -5.45. The van der Waals surface area contributed by atoms with Crippen LogP contribution >= 0.6 is 11.8 Å². The van der Waals surface area contributed by atoms with Crippen LogP contribution in [0.25, 0.3) is 6.08 Å². The summed E-state index contributed by atoms with van der Waals surface area (Å²) >= 11 is 0.365. The van der Waals surface area contributed by atoms with E-state index in [0.29, 0.717) is 22.3 Å². The summed E-state index contributed by atoms with van der Waals surface area (Å²) in [6.45, 7) is 0. The van der Waals surface area contributed by atoms with Gasteiger partial charge >= 0.3 is 0 Å². The van der Waals surface area contributed by atoms with E-state index in [0.717, 1.165) is 18.2 Å². The van der Waals surface area contributed by atoms with Crippen LogP contribution in [0, 0.1) is 23.0 Å². The number of amides is 1. The van der Waals surface area contributed by atoms with E-state index < -0.39 is 23.3 Å². The lowest BCUT2D eigenvalue weighted by molar-refractivity contribution is -0.112. The molecule has 2 aromatic carbocycles. The van der Waals surface area contributed by atoms with Crippen molar-refractivity contribution in [3.8, 4) is 6.07 Å². The molecule has 0 aromatic heterocycles. The molecule has 1 N–H and O–H groups in total. The van der Waals surface area contributed by atoms with Crippen molar-refractivity contribution in [2.75, 3.05) is 5.32 Å². The lowest BCUT2D eigenvalue weighted by Gasteiger charge is -2.06. The van der Waals surface area contributed by atoms with Crippen LogP contribution in [-0.2, 0) is 4.79 Å². The summed E-state index contributed by atoms with van der Waals surface area (Å²) < 4.78 is 50.5. The second kappa shape index (κ2) is 8.35. The van der Waals surface area contributed by atoms with Gasteiger partial charge in [-0.3, -0.25) is 4.79 Å². The smallest absolute Gasteiger partial charge is 0.288 e. The third-order valence-electron chi connectivity index (χ3n) is 2.96. The molecule has 2 rings (SSSR count). The molecule has 0 heterocycles. The molecular formula is C17H10F4N2OS. The maximum Gasteiger partial charge on any atom is 0.288 e. The van der Waals surface area contributed by atoms with Crippen molar-refractivity contribution in [3.63, 3.8) is 0 Å². The molecule has 0 radical (unpaired) electrons. The lowest BCUT2D eigenvalue weighted by Crippen LogP contribution is -2.13. The fourth-order valence-corrected chi connectivity index (χ4v) is 2.33. The largest absolute Gasteiger partial charge is 0.321 e. The Morgan fingerprint density at radius 1 is 1.12 bits per heavy atom. The average Bonchev–Trinajstić information content (AvgIpc) is 2.57. The van der Waals surface area contributed by atoms with Crippen molar-refractivity contribution < 1.29 is 22.4 Å². The summed E-state index contributed by atoms with van der Waals surface area (Å²) in [6, 6.07) is 10.3. The Balaban J connectivity index is 2.13. The van der Waals surface area contributed by atoms with Crippen LogP contribution in [0.4, 0.5) is 23.2 Å². The van der Waals surface area contributed by atoms with E-state index in [4.69, 9.17) is 5.26 Å². The number of alkyl halides is 2. The Morgan fingerprint density at radius 2 is 1.80 bits per heavy atom. The van der Waals surface area contributed by atoms with Crippen molar-refractivity contribution in [1.29, 1.82) is 5.26 Å². The van der Waals surface area contributed by atoms with Gasteiger partial charge in [-0.05, 0) is 48.0 Å². The van der Waals surface area contributed by atoms with Gasteiger partial charge in [-0.1, -0.05) is 17.8 Å². The monoisotopic (exact) mass is 366 g/mol. The van der Waals surface area contributed by atoms with E-state index in [9.17, 15) is 22.4 Å². The first-order valence-electron chi connectivity index (χ1n) is 6.82. The molecule has 8 heteroatoms. The molecule has 1 amide bonds. The minimum atomic E-state index is -2.55. The molecule has 0 aliphatic rings. The summed E-state index contributed by atoms with van der Waals surface area (Å²) in [6.07, 6.45) is 1.11. The summed E-state index contributed by atoms with van der Waals surface area (Å²) in [5.41, 5.74) is 0.126. The van der Waals surface area contributed by atoms with Gasteiger partial charge in [0.25, 0.3) is 11.7 Å². The molecule has 0 saturated heterocycles. The Kier molecular flexibility index (Phi) is 6.19. The highest BCUT2D eigenvalue weighted by Crippen LogP contribution is 2.26. The van der Waals surface area contributed by atoms with Crippen LogP contribution in [0.2, 0.25) is 0 Å². The van der Waals surface area contributed by atoms with Gasteiger partial charge < -0.3 is 5.32 Å². The molecule has 0 unspecified atom stereocenters. The quantitative estimate of drug-likeness (QED) is 0.357. The number of carbonyl (C=O) groups excluding carboxylic acids is 1. The SMILES string of the molecule is N#C/C(=C\c1ccc(F)c(F)c1)C(=O)Nc1ccc(SC(F)F)cc1. The van der Waals surface area contributed by atoms with Crippen LogP contribution in [-0.4, -0.2) is 11.7 Å². The highest BCUT2D eigenvalue weighted by molar-refractivity contribution is 7.99. The zero-order valence-electron chi connectivity index (χ0n) is 12.5. The van der Waals surface area contributed by atoms with Gasteiger partial charge in [0.15, 0.2) is 11.6 Å². The number of carbonyl (C=O) groups is 1. The van der Waals surface area contributed by atoms with Crippen molar-refractivity contribution in [2.24, 2.45) is 0 Å². The Morgan fingerprint density at radius 3 is 2.36 bits per heavy atom. The summed E-state index contributed by atoms with van der Waals surface area (Å²) in [4.78, 5) is 12.4. The number of nitriles is 1. The van der Waals surface area contributed by atoms with Crippen LogP contribution in [0.15, 0.2) is 52.9 Å². The molecule has 0 aliphatic heterocycles. The molecule has 3 nitrogen and oxygen atoms in total. The number of nitrogens with one attached hydrogen (secondary N) is 1. The first-order valence-corrected chi connectivity index (χ1v) is 7.70. The van der Waals surface area contributed by atoms with Crippen molar-refractivity contribution in [2.45, 2.75) is 10.7 Å². The molecule has 0 atom stereocenters. The van der Waals surface area contributed by atoms with E-state index in [1.54, 1.807) is 6.07 Å². The van der Waals surface area contributed by atoms with Crippen LogP contribution in [0.3, 0.4) is 0 Å². The molecular weight excluding hydrogens is 356 g/mol. The van der Waals surface area contributed by atoms with Crippen molar-refractivity contribution in [1.82, 2.24) is 0 Å². The van der Waals surface area contributed by atoms with E-state index in [-0.39, 0.29) is 11.1 Å². The molecule has 128 valence electrons. The molecule has 0 bridgehead atoms. The summed E-state index contributed by atoms with van der Waals surface area (Å²) in [5, 5.41) is 11.5. The predicted molar refractivity (Wildman–Crippen MR) is 86.9 cm³/mol. The number of thioether (sulfide) groups is 1. The fourth-order valence-electron chi connectivity index (χ4n) is 1.84. The van der Waals surface area contributed by atoms with Gasteiger partial charge in [0.2, 0.25) is 0 Å². The van der Waals surface area contributed by atoms with Gasteiger partial charge in [-0.15, -0.1) is 0 Å². The zero-order chi connectivity index (χ0) is 18.4. The van der Waals surface area contributed by atoms with Crippen molar-refractivity contribution in [3.05, 3.63) is 65.2 Å². The number of rotatable bonds is 5. The molecule has 2 aromatic rings. The topological polar surface area (TPSA) is 52.9 Å². The molecule has 0 spiro atoms. The zero-order valence-corrected chi connectivity index (χ0v) is 13.3. The summed E-state index contributed by atoms with van der Waals surface area (Å²) in [7, 11) is 0. The van der Waals surface area contributed by atoms with Crippen LogP contribution in [0.5, 0.6) is 0 Å². The number of nitrogens with zero attached hydrogens (tertiary/aromatic N) is 1. The van der Waals surface area contributed by atoms with Gasteiger partial charge in [-0.2, -0.15) is 14.0 Å². The maximum absolute atomic E-state index is 13.2. The number of benzene rings is 2. The number of halogens is 4. The molecule has 0 saturated carbocycles. The number of anilines is 1. The normalized spacial score (nSPS) is 11.3. The number of hydrogen-bond acceptors (Lipinski definition) is 3. The molecule has 0 fully saturated rings. The first-order chi connectivity index (χ1) is 11.9. The Labute approximate surface area is 145 Å². The van der Waals surface area contributed by atoms with E-state index >= 15 is 0 Å². The van der Waals surface area contributed by atoms with Gasteiger partial charge in [0, 0.05) is 10.6 Å².